The first-order chi connectivity index (χ1) is 9.54. The van der Waals surface area contributed by atoms with Gasteiger partial charge in [0.05, 0.1) is 18.0 Å². The molecule has 0 saturated heterocycles. The number of nitrogens with zero attached hydrogens (tertiary/aromatic N) is 4. The van der Waals surface area contributed by atoms with E-state index in [1.54, 1.807) is 16.9 Å². The van der Waals surface area contributed by atoms with Crippen molar-refractivity contribution < 1.29 is 9.34 Å². The van der Waals surface area contributed by atoms with Gasteiger partial charge in [0.1, 0.15) is 17.2 Å². The molecule has 0 spiro atoms. The first-order valence-corrected chi connectivity index (χ1v) is 6.37. The van der Waals surface area contributed by atoms with E-state index in [1.165, 1.54) is 6.07 Å². The summed E-state index contributed by atoms with van der Waals surface area (Å²) >= 11 is 0. The van der Waals surface area contributed by atoms with Gasteiger partial charge in [-0.15, -0.1) is 5.10 Å². The van der Waals surface area contributed by atoms with Gasteiger partial charge in [-0.25, -0.2) is 4.68 Å². The van der Waals surface area contributed by atoms with Gasteiger partial charge in [-0.3, -0.25) is 10.1 Å². The minimum absolute atomic E-state index is 0.265. The Kier molecular flexibility index (Phi) is 4.46. The quantitative estimate of drug-likeness (QED) is 0.610. The summed E-state index contributed by atoms with van der Waals surface area (Å²) in [4.78, 5) is 9.95. The Morgan fingerprint density at radius 1 is 1.50 bits per heavy atom. The fourth-order valence-electron chi connectivity index (χ4n) is 1.70. The molecule has 0 amide bonds. The van der Waals surface area contributed by atoms with E-state index < -0.39 is 4.92 Å². The number of hydrogen-bond donors (Lipinski definition) is 1. The SMILES string of the molecule is CC(C)CNCc1cn(Cc2ccc([N+](=O)[O-])o2)nn1. The van der Waals surface area contributed by atoms with Crippen molar-refractivity contribution in [2.75, 3.05) is 6.54 Å². The van der Waals surface area contributed by atoms with E-state index in [1.807, 2.05) is 0 Å². The average molecular weight is 279 g/mol. The highest BCUT2D eigenvalue weighted by molar-refractivity contribution is 5.17. The second-order valence-electron chi connectivity index (χ2n) is 4.93. The molecule has 0 aliphatic carbocycles. The summed E-state index contributed by atoms with van der Waals surface area (Å²) in [5.74, 6) is 0.788. The molecule has 2 heterocycles. The first-order valence-electron chi connectivity index (χ1n) is 6.37. The molecule has 0 atom stereocenters. The van der Waals surface area contributed by atoms with Crippen molar-refractivity contribution in [3.8, 4) is 0 Å². The molecule has 0 aliphatic rings. The molecule has 0 unspecified atom stereocenters. The van der Waals surface area contributed by atoms with Crippen molar-refractivity contribution in [3.05, 3.63) is 39.9 Å². The van der Waals surface area contributed by atoms with Gasteiger partial charge in [0.15, 0.2) is 0 Å². The highest BCUT2D eigenvalue weighted by Gasteiger charge is 2.12. The molecular formula is C12H17N5O3. The molecule has 20 heavy (non-hydrogen) atoms. The molecule has 2 aromatic heterocycles. The zero-order valence-electron chi connectivity index (χ0n) is 11.4. The topological polar surface area (TPSA) is 99.0 Å². The average Bonchev–Trinajstić information content (AvgIpc) is 2.99. The van der Waals surface area contributed by atoms with Crippen molar-refractivity contribution in [3.63, 3.8) is 0 Å². The van der Waals surface area contributed by atoms with E-state index in [0.717, 1.165) is 12.2 Å². The summed E-state index contributed by atoms with van der Waals surface area (Å²) < 4.78 is 6.66. The van der Waals surface area contributed by atoms with Crippen LogP contribution in [0.25, 0.3) is 0 Å². The molecule has 8 heteroatoms. The molecule has 0 aliphatic heterocycles. The summed E-state index contributed by atoms with van der Waals surface area (Å²) in [6, 6.07) is 2.90. The second-order valence-corrected chi connectivity index (χ2v) is 4.93. The van der Waals surface area contributed by atoms with Crippen LogP contribution >= 0.6 is 0 Å². The van der Waals surface area contributed by atoms with E-state index in [-0.39, 0.29) is 5.88 Å². The number of hydrogen-bond acceptors (Lipinski definition) is 6. The van der Waals surface area contributed by atoms with Crippen LogP contribution in [-0.4, -0.2) is 26.5 Å². The smallest absolute Gasteiger partial charge is 0.404 e. The van der Waals surface area contributed by atoms with Gasteiger partial charge < -0.3 is 9.73 Å². The van der Waals surface area contributed by atoms with Crippen molar-refractivity contribution in [2.24, 2.45) is 5.92 Å². The monoisotopic (exact) mass is 279 g/mol. The van der Waals surface area contributed by atoms with Crippen LogP contribution in [0.15, 0.2) is 22.7 Å². The maximum Gasteiger partial charge on any atom is 0.433 e. The predicted octanol–water partition coefficient (Wildman–Crippen LogP) is 1.57. The highest BCUT2D eigenvalue weighted by Crippen LogP contribution is 2.16. The van der Waals surface area contributed by atoms with Crippen LogP contribution in [0.3, 0.4) is 0 Å². The van der Waals surface area contributed by atoms with Crippen LogP contribution in [0.5, 0.6) is 0 Å². The molecule has 0 aromatic carbocycles. The third-order valence-electron chi connectivity index (χ3n) is 2.59. The van der Waals surface area contributed by atoms with Gasteiger partial charge in [0.2, 0.25) is 0 Å². The minimum Gasteiger partial charge on any atom is -0.404 e. The lowest BCUT2D eigenvalue weighted by Gasteiger charge is -2.04. The van der Waals surface area contributed by atoms with E-state index in [9.17, 15) is 10.1 Å². The third-order valence-corrected chi connectivity index (χ3v) is 2.59. The maximum atomic E-state index is 10.5. The summed E-state index contributed by atoms with van der Waals surface area (Å²) in [5, 5.41) is 21.8. The van der Waals surface area contributed by atoms with Gasteiger partial charge in [0, 0.05) is 6.54 Å². The van der Waals surface area contributed by atoms with Gasteiger partial charge in [-0.2, -0.15) is 0 Å². The van der Waals surface area contributed by atoms with Gasteiger partial charge in [-0.05, 0) is 18.5 Å². The molecule has 8 nitrogen and oxygen atoms in total. The van der Waals surface area contributed by atoms with Crippen LogP contribution in [-0.2, 0) is 13.1 Å². The largest absolute Gasteiger partial charge is 0.433 e. The Morgan fingerprint density at radius 2 is 2.30 bits per heavy atom. The summed E-state index contributed by atoms with van der Waals surface area (Å²) in [6.07, 6.45) is 1.79. The summed E-state index contributed by atoms with van der Waals surface area (Å²) in [6.45, 7) is 6.15. The highest BCUT2D eigenvalue weighted by atomic mass is 16.6. The van der Waals surface area contributed by atoms with E-state index in [2.05, 4.69) is 29.5 Å². The van der Waals surface area contributed by atoms with Crippen molar-refractivity contribution in [2.45, 2.75) is 26.9 Å². The van der Waals surface area contributed by atoms with Crippen LogP contribution in [0, 0.1) is 16.0 Å². The van der Waals surface area contributed by atoms with E-state index in [0.29, 0.717) is 24.8 Å². The standard InChI is InChI=1S/C12H17N5O3/c1-9(2)5-13-6-10-7-16(15-14-10)8-11-3-4-12(20-11)17(18)19/h3-4,7,9,13H,5-6,8H2,1-2H3. The Bertz CT molecular complexity index is 575. The Morgan fingerprint density at radius 3 is 2.95 bits per heavy atom. The number of rotatable bonds is 7. The number of nitro groups is 1. The third kappa shape index (κ3) is 3.89. The lowest BCUT2D eigenvalue weighted by Crippen LogP contribution is -2.19. The predicted molar refractivity (Wildman–Crippen MR) is 71.0 cm³/mol. The summed E-state index contributed by atoms with van der Waals surface area (Å²) in [5.41, 5.74) is 0.826. The molecule has 0 radical (unpaired) electrons. The lowest BCUT2D eigenvalue weighted by molar-refractivity contribution is -0.402. The fraction of sp³-hybridized carbons (Fsp3) is 0.500. The van der Waals surface area contributed by atoms with Crippen molar-refractivity contribution in [1.82, 2.24) is 20.3 Å². The number of aromatic nitrogens is 3. The normalized spacial score (nSPS) is 11.2. The molecule has 2 rings (SSSR count). The zero-order valence-corrected chi connectivity index (χ0v) is 11.4. The molecule has 2 aromatic rings. The molecule has 0 bridgehead atoms. The zero-order chi connectivity index (χ0) is 14.5. The van der Waals surface area contributed by atoms with Gasteiger partial charge in [-0.1, -0.05) is 19.1 Å². The van der Waals surface area contributed by atoms with Gasteiger partial charge in [0.25, 0.3) is 0 Å². The van der Waals surface area contributed by atoms with Gasteiger partial charge >= 0.3 is 5.88 Å². The summed E-state index contributed by atoms with van der Waals surface area (Å²) in [7, 11) is 0. The van der Waals surface area contributed by atoms with E-state index >= 15 is 0 Å². The Hall–Kier alpha value is -2.22. The first kappa shape index (κ1) is 14.2. The second kappa shape index (κ2) is 6.29. The van der Waals surface area contributed by atoms with Crippen LogP contribution in [0.2, 0.25) is 0 Å². The van der Waals surface area contributed by atoms with Crippen molar-refractivity contribution in [1.29, 1.82) is 0 Å². The number of furan rings is 1. The molecule has 1 N–H and O–H groups in total. The van der Waals surface area contributed by atoms with Crippen molar-refractivity contribution >= 4 is 5.88 Å². The van der Waals surface area contributed by atoms with E-state index in [4.69, 9.17) is 4.42 Å². The lowest BCUT2D eigenvalue weighted by atomic mass is 10.2. The molecule has 0 fully saturated rings. The Labute approximate surface area is 115 Å². The van der Waals surface area contributed by atoms with Crippen LogP contribution in [0.1, 0.15) is 25.3 Å². The van der Waals surface area contributed by atoms with Crippen LogP contribution < -0.4 is 5.32 Å². The fourth-order valence-corrected chi connectivity index (χ4v) is 1.70. The Balaban J connectivity index is 1.90. The molecule has 0 saturated carbocycles. The maximum absolute atomic E-state index is 10.5. The number of nitrogens with one attached hydrogen (secondary N) is 1. The molecular weight excluding hydrogens is 262 g/mol. The molecule has 108 valence electrons. The van der Waals surface area contributed by atoms with Crippen LogP contribution in [0.4, 0.5) is 5.88 Å². The minimum atomic E-state index is -0.563.